The second kappa shape index (κ2) is 8.41. The third kappa shape index (κ3) is 4.10. The first-order valence-corrected chi connectivity index (χ1v) is 10.0. The van der Waals surface area contributed by atoms with Crippen LogP contribution in [-0.2, 0) is 6.42 Å². The molecule has 0 spiro atoms. The number of hydrogen-bond donors (Lipinski definition) is 1. The first kappa shape index (κ1) is 19.1. The zero-order valence-electron chi connectivity index (χ0n) is 15.2. The predicted octanol–water partition coefficient (Wildman–Crippen LogP) is 3.13. The number of carbonyl (C=O) groups excluding carboxylic acids is 1. The molecule has 2 aromatic rings. The van der Waals surface area contributed by atoms with Gasteiger partial charge in [-0.3, -0.25) is 4.79 Å². The zero-order valence-corrected chi connectivity index (χ0v) is 16.7. The lowest BCUT2D eigenvalue weighted by molar-refractivity contribution is 0.0949. The molecule has 1 aromatic heterocycles. The van der Waals surface area contributed by atoms with E-state index < -0.39 is 0 Å². The van der Waals surface area contributed by atoms with E-state index in [4.69, 9.17) is 32.7 Å². The van der Waals surface area contributed by atoms with Gasteiger partial charge in [-0.2, -0.15) is 0 Å². The normalized spacial score (nSPS) is 15.6. The summed E-state index contributed by atoms with van der Waals surface area (Å²) in [5.74, 6) is 1.43. The van der Waals surface area contributed by atoms with Crippen LogP contribution in [0.2, 0.25) is 10.0 Å². The largest absolute Gasteiger partial charge is 0.486 e. The Labute approximate surface area is 173 Å². The molecule has 1 amide bonds. The van der Waals surface area contributed by atoms with Gasteiger partial charge in [-0.05, 0) is 37.0 Å². The molecule has 0 aliphatic carbocycles. The van der Waals surface area contributed by atoms with Crippen LogP contribution >= 0.6 is 23.2 Å². The van der Waals surface area contributed by atoms with Gasteiger partial charge >= 0.3 is 0 Å². The predicted molar refractivity (Wildman–Crippen MR) is 107 cm³/mol. The minimum absolute atomic E-state index is 0.193. The minimum atomic E-state index is -0.323. The molecule has 9 heteroatoms. The lowest BCUT2D eigenvalue weighted by Gasteiger charge is -2.20. The fraction of sp³-hybridized carbons (Fsp3) is 0.421. The summed E-state index contributed by atoms with van der Waals surface area (Å²) in [6, 6.07) is 3.71. The topological polar surface area (TPSA) is 76.6 Å². The number of carbonyl (C=O) groups is 1. The van der Waals surface area contributed by atoms with Crippen molar-refractivity contribution in [1.82, 2.24) is 15.3 Å². The van der Waals surface area contributed by atoms with Crippen LogP contribution in [0.4, 0.5) is 5.95 Å². The highest BCUT2D eigenvalue weighted by molar-refractivity contribution is 6.33. The van der Waals surface area contributed by atoms with Crippen LogP contribution in [0, 0.1) is 0 Å². The highest BCUT2D eigenvalue weighted by atomic mass is 35.5. The summed E-state index contributed by atoms with van der Waals surface area (Å²) >= 11 is 12.4. The smallest absolute Gasteiger partial charge is 0.271 e. The Morgan fingerprint density at radius 3 is 2.75 bits per heavy atom. The van der Waals surface area contributed by atoms with E-state index in [1.807, 2.05) is 12.1 Å². The summed E-state index contributed by atoms with van der Waals surface area (Å²) in [5.41, 5.74) is 1.14. The van der Waals surface area contributed by atoms with Gasteiger partial charge in [0.15, 0.2) is 17.2 Å². The summed E-state index contributed by atoms with van der Waals surface area (Å²) in [5, 5.41) is 3.60. The number of aromatic nitrogens is 2. The number of fused-ring (bicyclic) bond motifs is 1. The van der Waals surface area contributed by atoms with Crippen molar-refractivity contribution >= 4 is 35.1 Å². The molecule has 7 nitrogen and oxygen atoms in total. The van der Waals surface area contributed by atoms with E-state index in [2.05, 4.69) is 20.2 Å². The maximum absolute atomic E-state index is 12.5. The first-order chi connectivity index (χ1) is 13.6. The average molecular weight is 423 g/mol. The van der Waals surface area contributed by atoms with E-state index >= 15 is 0 Å². The summed E-state index contributed by atoms with van der Waals surface area (Å²) in [7, 11) is 0. The number of nitrogens with one attached hydrogen (secondary N) is 1. The van der Waals surface area contributed by atoms with Gasteiger partial charge in [0.2, 0.25) is 5.95 Å². The van der Waals surface area contributed by atoms with Crippen molar-refractivity contribution in [3.8, 4) is 11.5 Å². The molecule has 1 saturated heterocycles. The molecule has 148 valence electrons. The van der Waals surface area contributed by atoms with E-state index in [1.54, 1.807) is 0 Å². The lowest BCUT2D eigenvalue weighted by atomic mass is 10.1. The standard InChI is InChI=1S/C19H20Cl2N4O3/c20-13-9-12(10-15-17(13)28-8-7-27-15)3-4-22-18(26)16-14(21)11-23-19(24-16)25-5-1-2-6-25/h9-11H,1-8H2,(H,22,26). The van der Waals surface area contributed by atoms with Crippen molar-refractivity contribution in [1.29, 1.82) is 0 Å². The Morgan fingerprint density at radius 2 is 1.93 bits per heavy atom. The molecule has 2 aliphatic heterocycles. The quantitative estimate of drug-likeness (QED) is 0.797. The van der Waals surface area contributed by atoms with Crippen molar-refractivity contribution in [3.63, 3.8) is 0 Å². The van der Waals surface area contributed by atoms with Crippen LogP contribution in [0.5, 0.6) is 11.5 Å². The third-order valence-electron chi connectivity index (χ3n) is 4.69. The number of halogens is 2. The molecular weight excluding hydrogens is 403 g/mol. The van der Waals surface area contributed by atoms with Crippen LogP contribution < -0.4 is 19.7 Å². The monoisotopic (exact) mass is 422 g/mol. The van der Waals surface area contributed by atoms with E-state index in [-0.39, 0.29) is 16.6 Å². The van der Waals surface area contributed by atoms with E-state index in [0.717, 1.165) is 31.5 Å². The van der Waals surface area contributed by atoms with Crippen molar-refractivity contribution in [2.24, 2.45) is 0 Å². The molecule has 28 heavy (non-hydrogen) atoms. The fourth-order valence-corrected chi connectivity index (χ4v) is 3.76. The molecule has 3 heterocycles. The Hall–Kier alpha value is -2.25. The number of nitrogens with zero attached hydrogens (tertiary/aromatic N) is 3. The van der Waals surface area contributed by atoms with Gasteiger partial charge in [-0.1, -0.05) is 23.2 Å². The molecule has 4 rings (SSSR count). The number of anilines is 1. The van der Waals surface area contributed by atoms with Gasteiger partial charge in [-0.15, -0.1) is 0 Å². The van der Waals surface area contributed by atoms with Gasteiger partial charge in [0.25, 0.3) is 5.91 Å². The van der Waals surface area contributed by atoms with Crippen LogP contribution in [0.1, 0.15) is 28.9 Å². The fourth-order valence-electron chi connectivity index (χ4n) is 3.30. The van der Waals surface area contributed by atoms with E-state index in [9.17, 15) is 4.79 Å². The van der Waals surface area contributed by atoms with Gasteiger partial charge in [-0.25, -0.2) is 9.97 Å². The van der Waals surface area contributed by atoms with E-state index in [0.29, 0.717) is 48.6 Å². The Bertz CT molecular complexity index is 888. The van der Waals surface area contributed by atoms with Crippen LogP contribution in [0.3, 0.4) is 0 Å². The number of amides is 1. The molecule has 0 atom stereocenters. The molecule has 2 aliphatic rings. The molecule has 0 saturated carbocycles. The summed E-state index contributed by atoms with van der Waals surface area (Å²) in [6.07, 6.45) is 4.28. The van der Waals surface area contributed by atoms with Crippen LogP contribution in [0.25, 0.3) is 0 Å². The van der Waals surface area contributed by atoms with E-state index in [1.165, 1.54) is 6.20 Å². The van der Waals surface area contributed by atoms with Crippen LogP contribution in [-0.4, -0.2) is 48.7 Å². The van der Waals surface area contributed by atoms with Crippen LogP contribution in [0.15, 0.2) is 18.3 Å². The molecule has 0 radical (unpaired) electrons. The highest BCUT2D eigenvalue weighted by Crippen LogP contribution is 2.38. The average Bonchev–Trinajstić information content (AvgIpc) is 3.23. The van der Waals surface area contributed by atoms with Gasteiger partial charge in [0.05, 0.1) is 16.2 Å². The second-order valence-electron chi connectivity index (χ2n) is 6.67. The van der Waals surface area contributed by atoms with Gasteiger partial charge < -0.3 is 19.7 Å². The summed E-state index contributed by atoms with van der Waals surface area (Å²) in [4.78, 5) is 23.2. The van der Waals surface area contributed by atoms with Gasteiger partial charge in [0, 0.05) is 19.6 Å². The lowest BCUT2D eigenvalue weighted by Crippen LogP contribution is -2.28. The Kier molecular flexibility index (Phi) is 5.73. The first-order valence-electron chi connectivity index (χ1n) is 9.25. The van der Waals surface area contributed by atoms with Crippen molar-refractivity contribution < 1.29 is 14.3 Å². The minimum Gasteiger partial charge on any atom is -0.486 e. The summed E-state index contributed by atoms with van der Waals surface area (Å²) < 4.78 is 11.1. The van der Waals surface area contributed by atoms with Crippen molar-refractivity contribution in [2.45, 2.75) is 19.3 Å². The molecular formula is C19H20Cl2N4O3. The number of hydrogen-bond acceptors (Lipinski definition) is 6. The van der Waals surface area contributed by atoms with Crippen molar-refractivity contribution in [2.75, 3.05) is 37.7 Å². The molecule has 0 unspecified atom stereocenters. The molecule has 0 bridgehead atoms. The number of ether oxygens (including phenoxy) is 2. The Morgan fingerprint density at radius 1 is 1.14 bits per heavy atom. The Balaban J connectivity index is 1.39. The number of benzene rings is 1. The number of rotatable bonds is 5. The highest BCUT2D eigenvalue weighted by Gasteiger charge is 2.20. The molecule has 1 N–H and O–H groups in total. The maximum atomic E-state index is 12.5. The second-order valence-corrected chi connectivity index (χ2v) is 7.48. The zero-order chi connectivity index (χ0) is 19.5. The molecule has 1 fully saturated rings. The van der Waals surface area contributed by atoms with Crippen molar-refractivity contribution in [3.05, 3.63) is 39.6 Å². The molecule has 1 aromatic carbocycles. The summed E-state index contributed by atoms with van der Waals surface area (Å²) in [6.45, 7) is 3.19. The SMILES string of the molecule is O=C(NCCc1cc(Cl)c2c(c1)OCCO2)c1nc(N2CCCC2)ncc1Cl. The maximum Gasteiger partial charge on any atom is 0.271 e. The third-order valence-corrected chi connectivity index (χ3v) is 5.25. The van der Waals surface area contributed by atoms with Gasteiger partial charge in [0.1, 0.15) is 13.2 Å².